The minimum Gasteiger partial charge on any atom is -0.481 e. The molecule has 2 atom stereocenters. The molecule has 1 amide bonds. The summed E-state index contributed by atoms with van der Waals surface area (Å²) in [5.74, 6) is 0.0667. The highest BCUT2D eigenvalue weighted by molar-refractivity contribution is 5.69. The summed E-state index contributed by atoms with van der Waals surface area (Å²) in [7, 11) is 1.80. The van der Waals surface area contributed by atoms with Gasteiger partial charge in [0.05, 0.1) is 6.54 Å². The molecule has 0 saturated carbocycles. The Hall–Kier alpha value is -2.16. The number of nitrogens with zero attached hydrogens (tertiary/aromatic N) is 4. The molecule has 0 aromatic heterocycles. The van der Waals surface area contributed by atoms with E-state index in [-0.39, 0.29) is 18.7 Å². The van der Waals surface area contributed by atoms with Crippen molar-refractivity contribution in [3.05, 3.63) is 35.9 Å². The predicted octanol–water partition coefficient (Wildman–Crippen LogP) is 3.33. The normalized spacial score (nSPS) is 25.2. The van der Waals surface area contributed by atoms with Crippen molar-refractivity contribution in [3.63, 3.8) is 0 Å². The first-order chi connectivity index (χ1) is 17.0. The summed E-state index contributed by atoms with van der Waals surface area (Å²) in [6.07, 6.45) is 6.58. The van der Waals surface area contributed by atoms with Gasteiger partial charge >= 0.3 is 12.1 Å². The number of rotatable bonds is 11. The zero-order chi connectivity index (χ0) is 24.6. The summed E-state index contributed by atoms with van der Waals surface area (Å²) < 4.78 is 5.66. The number of piperazine rings is 1. The standard InChI is InChI=1S/C27H42N4O4/c1-28-21-25(35-27(28)34)31-18-17-29(14-6-11-26(32)33)20-24(31)10-5-9-22-12-15-30(16-13-22)19-23-7-3-2-4-8-23/h2-4,7-8,22,24-25H,5-6,9-21H2,1H3,(H,32,33). The van der Waals surface area contributed by atoms with Crippen LogP contribution in [0.25, 0.3) is 0 Å². The predicted molar refractivity (Wildman–Crippen MR) is 135 cm³/mol. The van der Waals surface area contributed by atoms with Crippen LogP contribution in [0.1, 0.15) is 50.5 Å². The number of hydrogen-bond donors (Lipinski definition) is 1. The average molecular weight is 487 g/mol. The molecule has 3 saturated heterocycles. The summed E-state index contributed by atoms with van der Waals surface area (Å²) >= 11 is 0. The van der Waals surface area contributed by atoms with Crippen molar-refractivity contribution in [1.29, 1.82) is 0 Å². The van der Waals surface area contributed by atoms with Crippen molar-refractivity contribution < 1.29 is 19.4 Å². The molecule has 4 rings (SSSR count). The number of cyclic esters (lactones) is 1. The van der Waals surface area contributed by atoms with E-state index in [1.165, 1.54) is 44.3 Å². The van der Waals surface area contributed by atoms with Crippen molar-refractivity contribution in [2.45, 2.75) is 63.8 Å². The topological polar surface area (TPSA) is 76.6 Å². The van der Waals surface area contributed by atoms with E-state index in [1.807, 2.05) is 0 Å². The van der Waals surface area contributed by atoms with Gasteiger partial charge in [0.2, 0.25) is 0 Å². The Kier molecular flexibility index (Phi) is 9.40. The van der Waals surface area contributed by atoms with Gasteiger partial charge in [0, 0.05) is 45.7 Å². The largest absolute Gasteiger partial charge is 0.481 e. The second-order valence-corrected chi connectivity index (χ2v) is 10.5. The van der Waals surface area contributed by atoms with Gasteiger partial charge in [-0.15, -0.1) is 0 Å². The number of carbonyl (C=O) groups excluding carboxylic acids is 1. The average Bonchev–Trinajstić information content (AvgIpc) is 3.18. The number of likely N-dealkylation sites (N-methyl/N-ethyl adjacent to an activating group) is 1. The third-order valence-corrected chi connectivity index (χ3v) is 7.93. The number of hydrogen-bond acceptors (Lipinski definition) is 6. The number of ether oxygens (including phenoxy) is 1. The first-order valence-corrected chi connectivity index (χ1v) is 13.4. The van der Waals surface area contributed by atoms with E-state index >= 15 is 0 Å². The summed E-state index contributed by atoms with van der Waals surface area (Å²) in [4.78, 5) is 31.9. The number of amides is 1. The van der Waals surface area contributed by atoms with Gasteiger partial charge in [0.1, 0.15) is 0 Å². The second-order valence-electron chi connectivity index (χ2n) is 10.5. The molecular formula is C27H42N4O4. The Morgan fingerprint density at radius 3 is 2.46 bits per heavy atom. The quantitative estimate of drug-likeness (QED) is 0.514. The zero-order valence-corrected chi connectivity index (χ0v) is 21.2. The second kappa shape index (κ2) is 12.7. The highest BCUT2D eigenvalue weighted by atomic mass is 16.6. The van der Waals surface area contributed by atoms with Crippen LogP contribution < -0.4 is 0 Å². The fraction of sp³-hybridized carbons (Fsp3) is 0.704. The van der Waals surface area contributed by atoms with Gasteiger partial charge in [-0.2, -0.15) is 0 Å². The van der Waals surface area contributed by atoms with Crippen LogP contribution in [-0.4, -0.2) is 102 Å². The van der Waals surface area contributed by atoms with Crippen molar-refractivity contribution >= 4 is 12.1 Å². The molecule has 8 heteroatoms. The number of piperidine rings is 1. The van der Waals surface area contributed by atoms with Crippen molar-refractivity contribution in [2.75, 3.05) is 52.9 Å². The van der Waals surface area contributed by atoms with Crippen LogP contribution in [0.2, 0.25) is 0 Å². The molecule has 3 aliphatic rings. The Balaban J connectivity index is 1.23. The SMILES string of the molecule is CN1CC(N2CCN(CCCC(=O)O)CC2CCCC2CCN(Cc3ccccc3)CC2)OC1=O. The van der Waals surface area contributed by atoms with E-state index in [0.29, 0.717) is 19.0 Å². The summed E-state index contributed by atoms with van der Waals surface area (Å²) in [6.45, 7) is 7.53. The first-order valence-electron chi connectivity index (χ1n) is 13.4. The summed E-state index contributed by atoms with van der Waals surface area (Å²) in [5.41, 5.74) is 1.40. The number of benzene rings is 1. The van der Waals surface area contributed by atoms with Gasteiger partial charge in [0.15, 0.2) is 6.23 Å². The number of carboxylic acid groups (broad SMARTS) is 1. The molecule has 0 spiro atoms. The Labute approximate surface area is 209 Å². The fourth-order valence-electron chi connectivity index (χ4n) is 5.87. The van der Waals surface area contributed by atoms with Gasteiger partial charge in [0.25, 0.3) is 0 Å². The van der Waals surface area contributed by atoms with Crippen molar-refractivity contribution in [1.82, 2.24) is 19.6 Å². The minimum absolute atomic E-state index is 0.167. The molecule has 194 valence electrons. The van der Waals surface area contributed by atoms with E-state index in [2.05, 4.69) is 45.0 Å². The third-order valence-electron chi connectivity index (χ3n) is 7.93. The molecule has 1 aromatic rings. The molecule has 1 N–H and O–H groups in total. The molecule has 2 unspecified atom stereocenters. The van der Waals surface area contributed by atoms with Crippen LogP contribution in [0, 0.1) is 5.92 Å². The van der Waals surface area contributed by atoms with Crippen LogP contribution in [0.3, 0.4) is 0 Å². The molecule has 0 bridgehead atoms. The number of carboxylic acids is 1. The van der Waals surface area contributed by atoms with E-state index < -0.39 is 5.97 Å². The molecule has 35 heavy (non-hydrogen) atoms. The molecule has 3 fully saturated rings. The molecule has 3 heterocycles. The molecular weight excluding hydrogens is 444 g/mol. The number of carbonyl (C=O) groups is 2. The maximum atomic E-state index is 12.0. The lowest BCUT2D eigenvalue weighted by Crippen LogP contribution is -2.57. The smallest absolute Gasteiger partial charge is 0.411 e. The van der Waals surface area contributed by atoms with Crippen LogP contribution in [0.4, 0.5) is 4.79 Å². The number of likely N-dealkylation sites (tertiary alicyclic amines) is 1. The van der Waals surface area contributed by atoms with E-state index in [1.54, 1.807) is 11.9 Å². The van der Waals surface area contributed by atoms with Crippen molar-refractivity contribution in [2.24, 2.45) is 5.92 Å². The van der Waals surface area contributed by atoms with Gasteiger partial charge in [-0.25, -0.2) is 4.79 Å². The van der Waals surface area contributed by atoms with E-state index in [4.69, 9.17) is 9.84 Å². The summed E-state index contributed by atoms with van der Waals surface area (Å²) in [5, 5.41) is 8.98. The summed E-state index contributed by atoms with van der Waals surface area (Å²) in [6, 6.07) is 11.1. The van der Waals surface area contributed by atoms with Crippen LogP contribution in [-0.2, 0) is 16.1 Å². The van der Waals surface area contributed by atoms with E-state index in [9.17, 15) is 9.59 Å². The Bertz CT molecular complexity index is 815. The van der Waals surface area contributed by atoms with Crippen molar-refractivity contribution in [3.8, 4) is 0 Å². The van der Waals surface area contributed by atoms with Gasteiger partial charge in [-0.3, -0.25) is 14.6 Å². The molecule has 8 nitrogen and oxygen atoms in total. The third kappa shape index (κ3) is 7.66. The maximum Gasteiger partial charge on any atom is 0.411 e. The maximum absolute atomic E-state index is 12.0. The minimum atomic E-state index is -0.726. The highest BCUT2D eigenvalue weighted by Gasteiger charge is 2.39. The fourth-order valence-corrected chi connectivity index (χ4v) is 5.87. The molecule has 3 aliphatic heterocycles. The molecule has 1 aromatic carbocycles. The van der Waals surface area contributed by atoms with Gasteiger partial charge < -0.3 is 19.6 Å². The zero-order valence-electron chi connectivity index (χ0n) is 21.2. The highest BCUT2D eigenvalue weighted by Crippen LogP contribution is 2.27. The van der Waals surface area contributed by atoms with E-state index in [0.717, 1.165) is 45.1 Å². The van der Waals surface area contributed by atoms with Crippen LogP contribution >= 0.6 is 0 Å². The first kappa shape index (κ1) is 25.9. The molecule has 0 radical (unpaired) electrons. The van der Waals surface area contributed by atoms with Gasteiger partial charge in [-0.1, -0.05) is 43.2 Å². The lowest BCUT2D eigenvalue weighted by Gasteiger charge is -2.43. The lowest BCUT2D eigenvalue weighted by molar-refractivity contribution is -0.137. The Morgan fingerprint density at radius 2 is 1.77 bits per heavy atom. The Morgan fingerprint density at radius 1 is 1.00 bits per heavy atom. The number of aliphatic carboxylic acids is 1. The van der Waals surface area contributed by atoms with Gasteiger partial charge in [-0.05, 0) is 56.8 Å². The van der Waals surface area contributed by atoms with Crippen LogP contribution in [0.5, 0.6) is 0 Å². The lowest BCUT2D eigenvalue weighted by atomic mass is 9.90. The van der Waals surface area contributed by atoms with Crippen LogP contribution in [0.15, 0.2) is 30.3 Å². The molecule has 0 aliphatic carbocycles. The monoisotopic (exact) mass is 486 g/mol.